The van der Waals surface area contributed by atoms with Crippen LogP contribution in [0.5, 0.6) is 0 Å². The summed E-state index contributed by atoms with van der Waals surface area (Å²) in [6.45, 7) is 0. The predicted molar refractivity (Wildman–Crippen MR) is 85.7 cm³/mol. The smallest absolute Gasteiger partial charge is 0.227 e. The van der Waals surface area contributed by atoms with Crippen LogP contribution in [0.3, 0.4) is 0 Å². The summed E-state index contributed by atoms with van der Waals surface area (Å²) in [7, 11) is 0. The number of hydrogen-bond donors (Lipinski definition) is 1. The van der Waals surface area contributed by atoms with Crippen molar-refractivity contribution in [1.29, 1.82) is 5.26 Å². The molecule has 3 aromatic rings. The predicted octanol–water partition coefficient (Wildman–Crippen LogP) is 3.24. The molecule has 7 heteroatoms. The lowest BCUT2D eigenvalue weighted by atomic mass is 10.2. The number of nitriles is 1. The Morgan fingerprint density at radius 1 is 1.39 bits per heavy atom. The van der Waals surface area contributed by atoms with Crippen molar-refractivity contribution in [2.24, 2.45) is 0 Å². The molecule has 0 radical (unpaired) electrons. The summed E-state index contributed by atoms with van der Waals surface area (Å²) in [6, 6.07) is 10.7. The number of carbonyl (C=O) groups excluding carboxylic acids is 1. The Morgan fingerprint density at radius 3 is 3.09 bits per heavy atom. The van der Waals surface area contributed by atoms with Gasteiger partial charge < -0.3 is 9.84 Å². The molecule has 0 aliphatic heterocycles. The van der Waals surface area contributed by atoms with Crippen molar-refractivity contribution in [2.45, 2.75) is 12.8 Å². The van der Waals surface area contributed by atoms with Crippen LogP contribution in [0.2, 0.25) is 0 Å². The van der Waals surface area contributed by atoms with Gasteiger partial charge >= 0.3 is 0 Å². The highest BCUT2D eigenvalue weighted by Crippen LogP contribution is 2.19. The van der Waals surface area contributed by atoms with Gasteiger partial charge in [0.2, 0.25) is 17.6 Å². The lowest BCUT2D eigenvalue weighted by molar-refractivity contribution is -0.116. The zero-order valence-electron chi connectivity index (χ0n) is 12.0. The minimum Gasteiger partial charge on any atom is -0.339 e. The highest BCUT2D eigenvalue weighted by Gasteiger charge is 2.11. The second-order valence-corrected chi connectivity index (χ2v) is 5.54. The molecule has 0 unspecified atom stereocenters. The van der Waals surface area contributed by atoms with Gasteiger partial charge in [-0.05, 0) is 29.6 Å². The zero-order valence-corrected chi connectivity index (χ0v) is 12.8. The van der Waals surface area contributed by atoms with Crippen molar-refractivity contribution >= 4 is 22.9 Å². The monoisotopic (exact) mass is 324 g/mol. The summed E-state index contributed by atoms with van der Waals surface area (Å²) in [5.41, 5.74) is 2.00. The lowest BCUT2D eigenvalue weighted by Gasteiger charge is -2.03. The average Bonchev–Trinajstić information content (AvgIpc) is 3.24. The van der Waals surface area contributed by atoms with E-state index in [0.29, 0.717) is 29.4 Å². The molecule has 0 saturated carbocycles. The standard InChI is InChI=1S/C16H12N4O2S/c17-9-11-2-1-3-13(8-11)18-14(21)4-5-15-19-16(20-22-15)12-6-7-23-10-12/h1-3,6-8,10H,4-5H2,(H,18,21). The number of nitrogens with one attached hydrogen (secondary N) is 1. The molecule has 0 aliphatic carbocycles. The molecule has 6 nitrogen and oxygen atoms in total. The molecule has 0 bridgehead atoms. The van der Waals surface area contributed by atoms with Crippen LogP contribution >= 0.6 is 11.3 Å². The lowest BCUT2D eigenvalue weighted by Crippen LogP contribution is -2.12. The fraction of sp³-hybridized carbons (Fsp3) is 0.125. The molecule has 0 fully saturated rings. The molecule has 3 rings (SSSR count). The number of hydrogen-bond acceptors (Lipinski definition) is 6. The Bertz CT molecular complexity index is 849. The van der Waals surface area contributed by atoms with E-state index in [-0.39, 0.29) is 12.3 Å². The Morgan fingerprint density at radius 2 is 2.30 bits per heavy atom. The first kappa shape index (κ1) is 14.9. The number of nitrogens with zero attached hydrogens (tertiary/aromatic N) is 3. The third-order valence-electron chi connectivity index (χ3n) is 3.09. The normalized spacial score (nSPS) is 10.2. The van der Waals surface area contributed by atoms with Crippen LogP contribution in [0.25, 0.3) is 11.4 Å². The average molecular weight is 324 g/mol. The van der Waals surface area contributed by atoms with Crippen molar-refractivity contribution < 1.29 is 9.32 Å². The van der Waals surface area contributed by atoms with Crippen LogP contribution in [-0.4, -0.2) is 16.0 Å². The number of aryl methyl sites for hydroxylation is 1. The van der Waals surface area contributed by atoms with Crippen LogP contribution in [0.4, 0.5) is 5.69 Å². The fourth-order valence-electron chi connectivity index (χ4n) is 1.98. The molecule has 1 N–H and O–H groups in total. The highest BCUT2D eigenvalue weighted by atomic mass is 32.1. The number of aromatic nitrogens is 2. The van der Waals surface area contributed by atoms with Gasteiger partial charge in [0.15, 0.2) is 0 Å². The molecule has 0 aliphatic rings. The van der Waals surface area contributed by atoms with Crippen LogP contribution in [0, 0.1) is 11.3 Å². The molecule has 0 spiro atoms. The number of anilines is 1. The summed E-state index contributed by atoms with van der Waals surface area (Å²) in [5, 5.41) is 19.4. The first-order valence-corrected chi connectivity index (χ1v) is 7.84. The van der Waals surface area contributed by atoms with E-state index in [1.165, 1.54) is 0 Å². The minimum atomic E-state index is -0.171. The Labute approximate surface area is 136 Å². The summed E-state index contributed by atoms with van der Waals surface area (Å²) in [5.74, 6) is 0.783. The summed E-state index contributed by atoms with van der Waals surface area (Å²) >= 11 is 1.56. The van der Waals surface area contributed by atoms with Crippen LogP contribution in [0.15, 0.2) is 45.6 Å². The van der Waals surface area contributed by atoms with Crippen molar-refractivity contribution in [3.05, 3.63) is 52.5 Å². The fourth-order valence-corrected chi connectivity index (χ4v) is 2.61. The first-order chi connectivity index (χ1) is 11.2. The van der Waals surface area contributed by atoms with E-state index in [9.17, 15) is 4.79 Å². The number of carbonyl (C=O) groups is 1. The van der Waals surface area contributed by atoms with Crippen LogP contribution in [-0.2, 0) is 11.2 Å². The van der Waals surface area contributed by atoms with Gasteiger partial charge in [-0.1, -0.05) is 11.2 Å². The van der Waals surface area contributed by atoms with Crippen molar-refractivity contribution in [2.75, 3.05) is 5.32 Å². The quantitative estimate of drug-likeness (QED) is 0.778. The molecule has 1 aromatic carbocycles. The molecule has 0 atom stereocenters. The summed E-state index contributed by atoms with van der Waals surface area (Å²) < 4.78 is 5.15. The zero-order chi connectivity index (χ0) is 16.1. The Balaban J connectivity index is 1.56. The summed E-state index contributed by atoms with van der Waals surface area (Å²) in [6.07, 6.45) is 0.586. The van der Waals surface area contributed by atoms with Crippen molar-refractivity contribution in [3.8, 4) is 17.5 Å². The van der Waals surface area contributed by atoms with Crippen molar-refractivity contribution in [3.63, 3.8) is 0 Å². The van der Waals surface area contributed by atoms with E-state index < -0.39 is 0 Å². The van der Waals surface area contributed by atoms with Gasteiger partial charge in [0.25, 0.3) is 0 Å². The van der Waals surface area contributed by atoms with Crippen LogP contribution in [0.1, 0.15) is 17.9 Å². The van der Waals surface area contributed by atoms with Gasteiger partial charge in [0, 0.05) is 29.5 Å². The first-order valence-electron chi connectivity index (χ1n) is 6.90. The molecular formula is C16H12N4O2S. The molecule has 114 valence electrons. The maximum absolute atomic E-state index is 11.9. The number of rotatable bonds is 5. The van der Waals surface area contributed by atoms with Crippen LogP contribution < -0.4 is 5.32 Å². The number of amides is 1. The SMILES string of the molecule is N#Cc1cccc(NC(=O)CCc2nc(-c3ccsc3)no2)c1. The van der Waals surface area contributed by atoms with Gasteiger partial charge in [-0.25, -0.2) is 0 Å². The topological polar surface area (TPSA) is 91.8 Å². The van der Waals surface area contributed by atoms with E-state index in [0.717, 1.165) is 5.56 Å². The van der Waals surface area contributed by atoms with E-state index in [4.69, 9.17) is 9.78 Å². The Hall–Kier alpha value is -2.98. The highest BCUT2D eigenvalue weighted by molar-refractivity contribution is 7.08. The van der Waals surface area contributed by atoms with Crippen molar-refractivity contribution in [1.82, 2.24) is 10.1 Å². The largest absolute Gasteiger partial charge is 0.339 e. The molecular weight excluding hydrogens is 312 g/mol. The number of benzene rings is 1. The third kappa shape index (κ3) is 3.81. The van der Waals surface area contributed by atoms with Gasteiger partial charge in [-0.2, -0.15) is 21.6 Å². The van der Waals surface area contributed by atoms with Gasteiger partial charge in [-0.3, -0.25) is 4.79 Å². The van der Waals surface area contributed by atoms with E-state index in [2.05, 4.69) is 15.5 Å². The molecule has 0 saturated heterocycles. The molecule has 2 heterocycles. The van der Waals surface area contributed by atoms with Gasteiger partial charge in [-0.15, -0.1) is 0 Å². The van der Waals surface area contributed by atoms with Gasteiger partial charge in [0.1, 0.15) is 0 Å². The maximum Gasteiger partial charge on any atom is 0.227 e. The molecule has 23 heavy (non-hydrogen) atoms. The Kier molecular flexibility index (Phi) is 4.45. The summed E-state index contributed by atoms with van der Waals surface area (Å²) in [4.78, 5) is 16.2. The second-order valence-electron chi connectivity index (χ2n) is 4.76. The molecule has 1 amide bonds. The number of thiophene rings is 1. The van der Waals surface area contributed by atoms with E-state index in [1.54, 1.807) is 35.6 Å². The second kappa shape index (κ2) is 6.85. The molecule has 2 aromatic heterocycles. The third-order valence-corrected chi connectivity index (χ3v) is 3.77. The minimum absolute atomic E-state index is 0.171. The van der Waals surface area contributed by atoms with E-state index >= 15 is 0 Å². The maximum atomic E-state index is 11.9. The van der Waals surface area contributed by atoms with E-state index in [1.807, 2.05) is 22.9 Å². The van der Waals surface area contributed by atoms with Gasteiger partial charge in [0.05, 0.1) is 11.6 Å².